The molecule has 0 aromatic heterocycles. The van der Waals surface area contributed by atoms with Gasteiger partial charge in [0, 0.05) is 12.5 Å². The van der Waals surface area contributed by atoms with Crippen LogP contribution in [0.1, 0.15) is 19.4 Å². The molecule has 0 fully saturated rings. The summed E-state index contributed by atoms with van der Waals surface area (Å²) in [7, 11) is 0. The van der Waals surface area contributed by atoms with Crippen LogP contribution in [-0.2, 0) is 11.2 Å². The number of nitro benzene ring substituents is 1. The Morgan fingerprint density at radius 2 is 2.12 bits per heavy atom. The number of benzene rings is 1. The minimum atomic E-state index is -0.583. The second kappa shape index (κ2) is 5.25. The highest BCUT2D eigenvalue weighted by molar-refractivity contribution is 5.71. The van der Waals surface area contributed by atoms with Crippen LogP contribution >= 0.6 is 0 Å². The molecule has 0 saturated heterocycles. The van der Waals surface area contributed by atoms with Gasteiger partial charge in [0.2, 0.25) is 5.75 Å². The number of nitro groups is 1. The summed E-state index contributed by atoms with van der Waals surface area (Å²) in [6.07, 6.45) is 0.380. The van der Waals surface area contributed by atoms with Gasteiger partial charge in [-0.05, 0) is 19.4 Å². The van der Waals surface area contributed by atoms with Gasteiger partial charge in [-0.25, -0.2) is 0 Å². The molecular weight excluding hydrogens is 222 g/mol. The Morgan fingerprint density at radius 3 is 2.59 bits per heavy atom. The first-order chi connectivity index (χ1) is 7.91. The van der Waals surface area contributed by atoms with Gasteiger partial charge in [-0.15, -0.1) is 0 Å². The van der Waals surface area contributed by atoms with Crippen molar-refractivity contribution in [1.82, 2.24) is 0 Å². The maximum atomic E-state index is 11.0. The van der Waals surface area contributed by atoms with Crippen LogP contribution in [0.3, 0.4) is 0 Å². The predicted octanol–water partition coefficient (Wildman–Crippen LogP) is 2.64. The molecular formula is C12H13NO4. The number of carbonyl (C=O) groups excluding carboxylic acids is 1. The Hall–Kier alpha value is -2.17. The molecule has 5 nitrogen and oxygen atoms in total. The number of rotatable bonds is 4. The summed E-state index contributed by atoms with van der Waals surface area (Å²) in [6, 6.07) is 4.64. The minimum absolute atomic E-state index is 0.0266. The molecule has 0 saturated carbocycles. The summed E-state index contributed by atoms with van der Waals surface area (Å²) in [5, 5.41) is 11.0. The van der Waals surface area contributed by atoms with Crippen LogP contribution in [0.2, 0.25) is 0 Å². The molecule has 0 aliphatic heterocycles. The van der Waals surface area contributed by atoms with Crippen molar-refractivity contribution in [3.8, 4) is 5.75 Å². The molecule has 0 unspecified atom stereocenters. The van der Waals surface area contributed by atoms with Gasteiger partial charge in [0.05, 0.1) is 4.92 Å². The average Bonchev–Trinajstić information content (AvgIpc) is 2.14. The number of hydrogen-bond donors (Lipinski definition) is 0. The summed E-state index contributed by atoms with van der Waals surface area (Å²) in [5.41, 5.74) is 1.11. The molecule has 5 heteroatoms. The lowest BCUT2D eigenvalue weighted by molar-refractivity contribution is -0.386. The molecule has 1 aromatic carbocycles. The number of ether oxygens (including phenoxy) is 1. The molecule has 0 aliphatic carbocycles. The van der Waals surface area contributed by atoms with Crippen LogP contribution in [0, 0.1) is 10.1 Å². The van der Waals surface area contributed by atoms with Crippen LogP contribution in [0.15, 0.2) is 30.4 Å². The highest BCUT2D eigenvalue weighted by Gasteiger charge is 2.21. The second-order valence-corrected chi connectivity index (χ2v) is 3.75. The van der Waals surface area contributed by atoms with Crippen molar-refractivity contribution in [1.29, 1.82) is 0 Å². The Labute approximate surface area is 98.9 Å². The summed E-state index contributed by atoms with van der Waals surface area (Å²) in [4.78, 5) is 21.3. The maximum Gasteiger partial charge on any atom is 0.315 e. The first-order valence-electron chi connectivity index (χ1n) is 5.01. The van der Waals surface area contributed by atoms with Crippen molar-refractivity contribution in [2.45, 2.75) is 20.3 Å². The van der Waals surface area contributed by atoms with Crippen molar-refractivity contribution in [2.75, 3.05) is 0 Å². The van der Waals surface area contributed by atoms with Gasteiger partial charge in [-0.2, -0.15) is 0 Å². The minimum Gasteiger partial charge on any atom is -0.419 e. The smallest absolute Gasteiger partial charge is 0.315 e. The van der Waals surface area contributed by atoms with Crippen LogP contribution in [0.5, 0.6) is 5.75 Å². The number of allylic oxidation sites excluding steroid dienone is 1. The third-order valence-corrected chi connectivity index (χ3v) is 2.01. The molecule has 0 heterocycles. The van der Waals surface area contributed by atoms with E-state index in [0.29, 0.717) is 12.0 Å². The summed E-state index contributed by atoms with van der Waals surface area (Å²) < 4.78 is 4.82. The summed E-state index contributed by atoms with van der Waals surface area (Å²) >= 11 is 0. The SMILES string of the molecule is C=C(C)Cc1cccc(OC(C)=O)c1[N+](=O)[O-]. The fourth-order valence-electron chi connectivity index (χ4n) is 1.48. The van der Waals surface area contributed by atoms with Gasteiger partial charge in [0.15, 0.2) is 0 Å². The lowest BCUT2D eigenvalue weighted by Crippen LogP contribution is -2.06. The Balaban J connectivity index is 3.26. The number of carbonyl (C=O) groups is 1. The molecule has 0 spiro atoms. The van der Waals surface area contributed by atoms with E-state index in [1.54, 1.807) is 19.1 Å². The Kier molecular flexibility index (Phi) is 3.98. The zero-order valence-electron chi connectivity index (χ0n) is 9.73. The van der Waals surface area contributed by atoms with Gasteiger partial charge in [-0.3, -0.25) is 14.9 Å². The Bertz CT molecular complexity index is 445. The third-order valence-electron chi connectivity index (χ3n) is 2.01. The third kappa shape index (κ3) is 3.41. The van der Waals surface area contributed by atoms with E-state index in [1.807, 2.05) is 0 Å². The quantitative estimate of drug-likeness (QED) is 0.264. The second-order valence-electron chi connectivity index (χ2n) is 3.75. The fourth-order valence-corrected chi connectivity index (χ4v) is 1.48. The van der Waals surface area contributed by atoms with E-state index in [-0.39, 0.29) is 11.4 Å². The van der Waals surface area contributed by atoms with E-state index in [0.717, 1.165) is 5.57 Å². The molecule has 0 aliphatic rings. The monoisotopic (exact) mass is 235 g/mol. The van der Waals surface area contributed by atoms with E-state index in [9.17, 15) is 14.9 Å². The highest BCUT2D eigenvalue weighted by Crippen LogP contribution is 2.32. The summed E-state index contributed by atoms with van der Waals surface area (Å²) in [5.74, 6) is -0.609. The van der Waals surface area contributed by atoms with Crippen molar-refractivity contribution >= 4 is 11.7 Å². The first kappa shape index (κ1) is 12.9. The number of esters is 1. The molecule has 0 radical (unpaired) electrons. The topological polar surface area (TPSA) is 69.4 Å². The van der Waals surface area contributed by atoms with E-state index < -0.39 is 10.9 Å². The largest absolute Gasteiger partial charge is 0.419 e. The van der Waals surface area contributed by atoms with Gasteiger partial charge >= 0.3 is 11.7 Å². The zero-order chi connectivity index (χ0) is 13.0. The fraction of sp³-hybridized carbons (Fsp3) is 0.250. The lowest BCUT2D eigenvalue weighted by atomic mass is 10.1. The maximum absolute atomic E-state index is 11.0. The van der Waals surface area contributed by atoms with Crippen molar-refractivity contribution in [2.24, 2.45) is 0 Å². The zero-order valence-corrected chi connectivity index (χ0v) is 9.73. The van der Waals surface area contributed by atoms with Crippen molar-refractivity contribution in [3.05, 3.63) is 46.0 Å². The van der Waals surface area contributed by atoms with Gasteiger partial charge < -0.3 is 4.74 Å². The summed E-state index contributed by atoms with van der Waals surface area (Å²) in [6.45, 7) is 6.69. The normalized spacial score (nSPS) is 9.76. The van der Waals surface area contributed by atoms with E-state index in [2.05, 4.69) is 6.58 Å². The molecule has 1 rings (SSSR count). The van der Waals surface area contributed by atoms with Crippen molar-refractivity contribution < 1.29 is 14.5 Å². The van der Waals surface area contributed by atoms with Crippen molar-refractivity contribution in [3.63, 3.8) is 0 Å². The van der Waals surface area contributed by atoms with Gasteiger partial charge in [0.1, 0.15) is 0 Å². The lowest BCUT2D eigenvalue weighted by Gasteiger charge is -2.07. The Morgan fingerprint density at radius 1 is 1.47 bits per heavy atom. The van der Waals surface area contributed by atoms with Crippen LogP contribution in [0.4, 0.5) is 5.69 Å². The first-order valence-corrected chi connectivity index (χ1v) is 5.01. The molecule has 17 heavy (non-hydrogen) atoms. The molecule has 0 bridgehead atoms. The molecule has 0 atom stereocenters. The van der Waals surface area contributed by atoms with Crippen LogP contribution in [-0.4, -0.2) is 10.9 Å². The molecule has 0 amide bonds. The van der Waals surface area contributed by atoms with E-state index in [1.165, 1.54) is 13.0 Å². The number of nitrogens with zero attached hydrogens (tertiary/aromatic N) is 1. The standard InChI is InChI=1S/C12H13NO4/c1-8(2)7-10-5-4-6-11(17-9(3)14)12(10)13(15)16/h4-6H,1,7H2,2-3H3. The van der Waals surface area contributed by atoms with E-state index >= 15 is 0 Å². The molecule has 0 N–H and O–H groups in total. The van der Waals surface area contributed by atoms with Gasteiger partial charge in [0.25, 0.3) is 0 Å². The molecule has 1 aromatic rings. The average molecular weight is 235 g/mol. The molecule has 90 valence electrons. The van der Waals surface area contributed by atoms with Crippen LogP contribution in [0.25, 0.3) is 0 Å². The van der Waals surface area contributed by atoms with Crippen LogP contribution < -0.4 is 4.74 Å². The predicted molar refractivity (Wildman–Crippen MR) is 62.9 cm³/mol. The number of hydrogen-bond acceptors (Lipinski definition) is 4. The van der Waals surface area contributed by atoms with E-state index in [4.69, 9.17) is 4.74 Å². The highest BCUT2D eigenvalue weighted by atomic mass is 16.6. The number of para-hydroxylation sites is 1. The van der Waals surface area contributed by atoms with Gasteiger partial charge in [-0.1, -0.05) is 24.3 Å².